The summed E-state index contributed by atoms with van der Waals surface area (Å²) in [6.07, 6.45) is 6.77. The summed E-state index contributed by atoms with van der Waals surface area (Å²) in [5.41, 5.74) is 2.05. The van der Waals surface area contributed by atoms with E-state index >= 15 is 0 Å². The third kappa shape index (κ3) is 8.01. The largest absolute Gasteiger partial charge is 0.481 e. The number of hydrogen-bond acceptors (Lipinski definition) is 5. The summed E-state index contributed by atoms with van der Waals surface area (Å²) in [5.74, 6) is -1.21. The van der Waals surface area contributed by atoms with Gasteiger partial charge in [-0.15, -0.1) is 0 Å². The Morgan fingerprint density at radius 2 is 1.97 bits per heavy atom. The third-order valence-electron chi connectivity index (χ3n) is 5.69. The number of carboxylic acids is 1. The molecule has 30 heavy (non-hydrogen) atoms. The van der Waals surface area contributed by atoms with Crippen molar-refractivity contribution in [2.24, 2.45) is 11.8 Å². The minimum absolute atomic E-state index is 0.0736. The number of rotatable bonds is 13. The first-order valence-electron chi connectivity index (χ1n) is 10.8. The van der Waals surface area contributed by atoms with Gasteiger partial charge in [0, 0.05) is 38.2 Å². The lowest BCUT2D eigenvalue weighted by molar-refractivity contribution is -0.137. The van der Waals surface area contributed by atoms with Crippen LogP contribution < -0.4 is 0 Å². The number of unbranched alkanes of at least 4 members (excludes halogenated alkanes) is 3. The molecule has 0 spiro atoms. The molecule has 1 aliphatic carbocycles. The first-order chi connectivity index (χ1) is 14.4. The molecule has 1 saturated carbocycles. The summed E-state index contributed by atoms with van der Waals surface area (Å²) in [7, 11) is 1.64. The van der Waals surface area contributed by atoms with E-state index in [1.54, 1.807) is 19.3 Å². The summed E-state index contributed by atoms with van der Waals surface area (Å²) in [4.78, 5) is 22.8. The van der Waals surface area contributed by atoms with Gasteiger partial charge in [0.05, 0.1) is 18.8 Å². The molecule has 4 atom stereocenters. The Hall–Kier alpha value is -2.02. The highest BCUT2D eigenvalue weighted by Crippen LogP contribution is 2.34. The molecule has 166 valence electrons. The number of carboxylic acid groups (broad SMARTS) is 1. The molecule has 0 unspecified atom stereocenters. The minimum Gasteiger partial charge on any atom is -0.481 e. The van der Waals surface area contributed by atoms with Crippen molar-refractivity contribution in [2.45, 2.75) is 70.2 Å². The molecule has 0 saturated heterocycles. The van der Waals surface area contributed by atoms with Crippen LogP contribution in [0.2, 0.25) is 0 Å². The van der Waals surface area contributed by atoms with E-state index < -0.39 is 18.2 Å². The molecule has 1 aromatic rings. The molecular formula is C24H34O6. The van der Waals surface area contributed by atoms with Crippen molar-refractivity contribution in [1.82, 2.24) is 0 Å². The summed E-state index contributed by atoms with van der Waals surface area (Å²) in [5, 5.41) is 29.4. The second kappa shape index (κ2) is 12.6. The highest BCUT2D eigenvalue weighted by atomic mass is 16.5. The maximum atomic E-state index is 12.3. The molecule has 0 radical (unpaired) electrons. The fraction of sp³-hybridized carbons (Fsp3) is 0.583. The lowest BCUT2D eigenvalue weighted by atomic mass is 9.88. The average Bonchev–Trinajstić information content (AvgIpc) is 2.95. The van der Waals surface area contributed by atoms with Crippen molar-refractivity contribution in [2.75, 3.05) is 7.11 Å². The van der Waals surface area contributed by atoms with E-state index in [0.717, 1.165) is 30.4 Å². The maximum Gasteiger partial charge on any atom is 0.303 e. The number of ether oxygens (including phenoxy) is 1. The molecule has 0 heterocycles. The molecule has 1 aromatic carbocycles. The van der Waals surface area contributed by atoms with E-state index in [9.17, 15) is 19.8 Å². The SMILES string of the molecule is COCc1cccc(C[C@@H](O)C=C[C@H]2[C@H](O)CC(=O)[C@@H]2CCCCCCC(=O)O)c1. The zero-order chi connectivity index (χ0) is 21.9. The van der Waals surface area contributed by atoms with E-state index in [1.165, 1.54) is 0 Å². The number of aliphatic hydroxyl groups excluding tert-OH is 2. The third-order valence-corrected chi connectivity index (χ3v) is 5.69. The number of hydrogen-bond donors (Lipinski definition) is 3. The normalized spacial score (nSPS) is 22.6. The standard InChI is InChI=1S/C24H34O6/c1-30-16-18-8-6-7-17(13-18)14-19(25)11-12-21-20(22(26)15-23(21)27)9-4-2-3-5-10-24(28)29/h6-8,11-13,19-21,23,25,27H,2-5,9-10,14-16H2,1H3,(H,28,29)/t19-,20+,21+,23+/m0/s1. The lowest BCUT2D eigenvalue weighted by Crippen LogP contribution is -2.19. The van der Waals surface area contributed by atoms with Crippen LogP contribution in [0.3, 0.4) is 0 Å². The summed E-state index contributed by atoms with van der Waals surface area (Å²) in [6, 6.07) is 7.87. The van der Waals surface area contributed by atoms with E-state index in [4.69, 9.17) is 9.84 Å². The highest BCUT2D eigenvalue weighted by Gasteiger charge is 2.39. The average molecular weight is 419 g/mol. The molecule has 6 heteroatoms. The highest BCUT2D eigenvalue weighted by molar-refractivity contribution is 5.84. The topological polar surface area (TPSA) is 104 Å². The van der Waals surface area contributed by atoms with Gasteiger partial charge in [0.25, 0.3) is 0 Å². The van der Waals surface area contributed by atoms with Crippen molar-refractivity contribution >= 4 is 11.8 Å². The monoisotopic (exact) mass is 418 g/mol. The molecule has 1 fully saturated rings. The Morgan fingerprint density at radius 3 is 2.70 bits per heavy atom. The van der Waals surface area contributed by atoms with Gasteiger partial charge in [0.15, 0.2) is 0 Å². The number of Topliss-reactive ketones (excluding diaryl/α,β-unsaturated/α-hetero) is 1. The quantitative estimate of drug-likeness (QED) is 0.335. The van der Waals surface area contributed by atoms with Crippen LogP contribution >= 0.6 is 0 Å². The van der Waals surface area contributed by atoms with Crippen molar-refractivity contribution in [1.29, 1.82) is 0 Å². The molecule has 3 N–H and O–H groups in total. The molecule has 0 aliphatic heterocycles. The van der Waals surface area contributed by atoms with Gasteiger partial charge in [-0.3, -0.25) is 9.59 Å². The Labute approximate surface area is 178 Å². The summed E-state index contributed by atoms with van der Waals surface area (Å²) >= 11 is 0. The molecular weight excluding hydrogens is 384 g/mol. The Balaban J connectivity index is 1.85. The molecule has 2 rings (SSSR count). The van der Waals surface area contributed by atoms with Gasteiger partial charge < -0.3 is 20.1 Å². The van der Waals surface area contributed by atoms with Crippen molar-refractivity contribution < 1.29 is 29.6 Å². The van der Waals surface area contributed by atoms with Gasteiger partial charge in [0.1, 0.15) is 5.78 Å². The second-order valence-corrected chi connectivity index (χ2v) is 8.18. The molecule has 0 aromatic heterocycles. The van der Waals surface area contributed by atoms with Gasteiger partial charge in [0.2, 0.25) is 0 Å². The van der Waals surface area contributed by atoms with Gasteiger partial charge >= 0.3 is 5.97 Å². The Morgan fingerprint density at radius 1 is 1.23 bits per heavy atom. The van der Waals surface area contributed by atoms with Crippen LogP contribution in [-0.2, 0) is 27.4 Å². The van der Waals surface area contributed by atoms with E-state index in [2.05, 4.69) is 0 Å². The van der Waals surface area contributed by atoms with E-state index in [0.29, 0.717) is 25.9 Å². The van der Waals surface area contributed by atoms with Crippen molar-refractivity contribution in [3.63, 3.8) is 0 Å². The summed E-state index contributed by atoms with van der Waals surface area (Å²) < 4.78 is 5.14. The molecule has 0 bridgehead atoms. The Bertz CT molecular complexity index is 713. The first-order valence-corrected chi connectivity index (χ1v) is 10.8. The van der Waals surface area contributed by atoms with Gasteiger partial charge in [-0.2, -0.15) is 0 Å². The van der Waals surface area contributed by atoms with Crippen LogP contribution in [0.4, 0.5) is 0 Å². The van der Waals surface area contributed by atoms with Crippen molar-refractivity contribution in [3.8, 4) is 0 Å². The number of ketones is 1. The smallest absolute Gasteiger partial charge is 0.303 e. The lowest BCUT2D eigenvalue weighted by Gasteiger charge is -2.18. The number of methoxy groups -OCH3 is 1. The van der Waals surface area contributed by atoms with Gasteiger partial charge in [-0.05, 0) is 24.0 Å². The second-order valence-electron chi connectivity index (χ2n) is 8.18. The van der Waals surface area contributed by atoms with Gasteiger partial charge in [-0.25, -0.2) is 0 Å². The number of carbonyl (C=O) groups excluding carboxylic acids is 1. The van der Waals surface area contributed by atoms with Crippen LogP contribution in [0.15, 0.2) is 36.4 Å². The van der Waals surface area contributed by atoms with Crippen LogP contribution in [0, 0.1) is 11.8 Å². The molecule has 0 amide bonds. The molecule has 1 aliphatic rings. The number of benzene rings is 1. The zero-order valence-corrected chi connectivity index (χ0v) is 17.7. The first kappa shape index (κ1) is 24.3. The van der Waals surface area contributed by atoms with Crippen LogP contribution in [0.5, 0.6) is 0 Å². The van der Waals surface area contributed by atoms with Crippen LogP contribution in [-0.4, -0.2) is 46.4 Å². The number of carbonyl (C=O) groups is 2. The maximum absolute atomic E-state index is 12.3. The Kier molecular flexibility index (Phi) is 10.2. The van der Waals surface area contributed by atoms with E-state index in [1.807, 2.05) is 24.3 Å². The van der Waals surface area contributed by atoms with Gasteiger partial charge in [-0.1, -0.05) is 55.7 Å². The zero-order valence-electron chi connectivity index (χ0n) is 17.7. The fourth-order valence-corrected chi connectivity index (χ4v) is 4.17. The van der Waals surface area contributed by atoms with Crippen LogP contribution in [0.25, 0.3) is 0 Å². The summed E-state index contributed by atoms with van der Waals surface area (Å²) in [6.45, 7) is 0.522. The predicted octanol–water partition coefficient (Wildman–Crippen LogP) is 3.28. The minimum atomic E-state index is -0.779. The van der Waals surface area contributed by atoms with E-state index in [-0.39, 0.29) is 30.5 Å². The van der Waals surface area contributed by atoms with Crippen molar-refractivity contribution in [3.05, 3.63) is 47.5 Å². The predicted molar refractivity (Wildman–Crippen MR) is 114 cm³/mol. The number of aliphatic carboxylic acids is 1. The van der Waals surface area contributed by atoms with Crippen LogP contribution in [0.1, 0.15) is 56.1 Å². The number of aliphatic hydroxyl groups is 2. The molecule has 6 nitrogen and oxygen atoms in total. The fourth-order valence-electron chi connectivity index (χ4n) is 4.17.